The van der Waals surface area contributed by atoms with Gasteiger partial charge in [0.2, 0.25) is 5.91 Å². The maximum atomic E-state index is 12.8. The number of hydrogen-bond acceptors (Lipinski definition) is 4. The van der Waals surface area contributed by atoms with Gasteiger partial charge < -0.3 is 15.4 Å². The molecule has 2 unspecified atom stereocenters. The molecule has 1 saturated heterocycles. The molecule has 2 N–H and O–H groups in total. The standard InChI is InChI=1S/C22H29N3O2/c1-18(21(23)19-8-4-2-5-9-19)22(26)25-14-12-24(13-15-25)16-17-27-20-10-6-3-7-11-20/h2-11,18,21H,12-17,23H2,1H3. The molecule has 144 valence electrons. The summed E-state index contributed by atoms with van der Waals surface area (Å²) in [6.07, 6.45) is 0. The van der Waals surface area contributed by atoms with Crippen LogP contribution in [0.1, 0.15) is 18.5 Å². The van der Waals surface area contributed by atoms with Crippen molar-refractivity contribution in [3.05, 3.63) is 66.2 Å². The Morgan fingerprint density at radius 3 is 2.22 bits per heavy atom. The van der Waals surface area contributed by atoms with Crippen LogP contribution in [0.3, 0.4) is 0 Å². The van der Waals surface area contributed by atoms with E-state index in [4.69, 9.17) is 10.5 Å². The summed E-state index contributed by atoms with van der Waals surface area (Å²) in [5.41, 5.74) is 7.33. The van der Waals surface area contributed by atoms with Gasteiger partial charge in [0.05, 0.1) is 5.92 Å². The van der Waals surface area contributed by atoms with Gasteiger partial charge in [-0.3, -0.25) is 9.69 Å². The Kier molecular flexibility index (Phi) is 6.85. The van der Waals surface area contributed by atoms with Gasteiger partial charge in [-0.2, -0.15) is 0 Å². The van der Waals surface area contributed by atoms with Gasteiger partial charge in [0, 0.05) is 38.8 Å². The molecule has 2 atom stereocenters. The number of nitrogens with zero attached hydrogens (tertiary/aromatic N) is 2. The van der Waals surface area contributed by atoms with E-state index < -0.39 is 0 Å². The first-order valence-electron chi connectivity index (χ1n) is 9.64. The molecule has 2 aromatic rings. The third-order valence-corrected chi connectivity index (χ3v) is 5.22. The van der Waals surface area contributed by atoms with Gasteiger partial charge in [-0.15, -0.1) is 0 Å². The summed E-state index contributed by atoms with van der Waals surface area (Å²) in [4.78, 5) is 17.1. The first-order chi connectivity index (χ1) is 13.1. The number of carbonyl (C=O) groups is 1. The molecule has 27 heavy (non-hydrogen) atoms. The molecule has 0 aromatic heterocycles. The summed E-state index contributed by atoms with van der Waals surface area (Å²) < 4.78 is 5.76. The molecule has 0 aliphatic carbocycles. The fraction of sp³-hybridized carbons (Fsp3) is 0.409. The minimum Gasteiger partial charge on any atom is -0.492 e. The molecular formula is C22H29N3O2. The van der Waals surface area contributed by atoms with E-state index in [1.807, 2.05) is 72.5 Å². The Morgan fingerprint density at radius 2 is 1.59 bits per heavy atom. The molecule has 2 aromatic carbocycles. The first-order valence-corrected chi connectivity index (χ1v) is 9.64. The van der Waals surface area contributed by atoms with Gasteiger partial charge in [-0.05, 0) is 17.7 Å². The summed E-state index contributed by atoms with van der Waals surface area (Å²) in [6, 6.07) is 19.4. The number of carbonyl (C=O) groups excluding carboxylic acids is 1. The lowest BCUT2D eigenvalue weighted by Crippen LogP contribution is -2.51. The van der Waals surface area contributed by atoms with Crippen LogP contribution >= 0.6 is 0 Å². The number of rotatable bonds is 7. The van der Waals surface area contributed by atoms with Crippen LogP contribution in [0.5, 0.6) is 5.75 Å². The summed E-state index contributed by atoms with van der Waals surface area (Å²) in [5.74, 6) is 0.821. The maximum Gasteiger partial charge on any atom is 0.227 e. The highest BCUT2D eigenvalue weighted by Gasteiger charge is 2.28. The van der Waals surface area contributed by atoms with Gasteiger partial charge in [0.1, 0.15) is 12.4 Å². The van der Waals surface area contributed by atoms with E-state index in [2.05, 4.69) is 4.90 Å². The van der Waals surface area contributed by atoms with Crippen molar-refractivity contribution < 1.29 is 9.53 Å². The van der Waals surface area contributed by atoms with E-state index in [1.165, 1.54) is 0 Å². The maximum absolute atomic E-state index is 12.8. The summed E-state index contributed by atoms with van der Waals surface area (Å²) in [6.45, 7) is 6.70. The lowest BCUT2D eigenvalue weighted by Gasteiger charge is -2.36. The third kappa shape index (κ3) is 5.31. The van der Waals surface area contributed by atoms with Crippen LogP contribution in [0.25, 0.3) is 0 Å². The molecule has 0 radical (unpaired) electrons. The molecule has 1 aliphatic heterocycles. The van der Waals surface area contributed by atoms with Crippen molar-refractivity contribution in [3.8, 4) is 5.75 Å². The molecule has 5 nitrogen and oxygen atoms in total. The van der Waals surface area contributed by atoms with Gasteiger partial charge in [0.15, 0.2) is 0 Å². The van der Waals surface area contributed by atoms with Gasteiger partial charge in [-0.1, -0.05) is 55.5 Å². The topological polar surface area (TPSA) is 58.8 Å². The van der Waals surface area contributed by atoms with Crippen LogP contribution in [0.15, 0.2) is 60.7 Å². The Hall–Kier alpha value is -2.37. The van der Waals surface area contributed by atoms with Crippen molar-refractivity contribution in [3.63, 3.8) is 0 Å². The average molecular weight is 367 g/mol. The van der Waals surface area contributed by atoms with Crippen LogP contribution in [0, 0.1) is 5.92 Å². The quantitative estimate of drug-likeness (QED) is 0.817. The molecule has 1 heterocycles. The van der Waals surface area contributed by atoms with Crippen molar-refractivity contribution >= 4 is 5.91 Å². The lowest BCUT2D eigenvalue weighted by atomic mass is 9.94. The van der Waals surface area contributed by atoms with Crippen molar-refractivity contribution in [2.45, 2.75) is 13.0 Å². The monoisotopic (exact) mass is 367 g/mol. The number of ether oxygens (including phenoxy) is 1. The SMILES string of the molecule is CC(C(=O)N1CCN(CCOc2ccccc2)CC1)C(N)c1ccccc1. The second-order valence-electron chi connectivity index (χ2n) is 7.05. The lowest BCUT2D eigenvalue weighted by molar-refractivity contribution is -0.137. The van der Waals surface area contributed by atoms with Crippen LogP contribution in [-0.4, -0.2) is 55.0 Å². The average Bonchev–Trinajstić information content (AvgIpc) is 2.74. The van der Waals surface area contributed by atoms with Gasteiger partial charge in [-0.25, -0.2) is 0 Å². The zero-order chi connectivity index (χ0) is 19.1. The highest BCUT2D eigenvalue weighted by Crippen LogP contribution is 2.21. The van der Waals surface area contributed by atoms with Crippen molar-refractivity contribution in [2.75, 3.05) is 39.3 Å². The second-order valence-corrected chi connectivity index (χ2v) is 7.05. The molecule has 0 spiro atoms. The Labute approximate surface area is 161 Å². The largest absolute Gasteiger partial charge is 0.492 e. The number of benzene rings is 2. The fourth-order valence-corrected chi connectivity index (χ4v) is 3.41. The number of piperazine rings is 1. The predicted molar refractivity (Wildman–Crippen MR) is 107 cm³/mol. The van der Waals surface area contributed by atoms with E-state index in [1.54, 1.807) is 0 Å². The number of nitrogens with two attached hydrogens (primary N) is 1. The predicted octanol–water partition coefficient (Wildman–Crippen LogP) is 2.55. The number of hydrogen-bond donors (Lipinski definition) is 1. The van der Waals surface area contributed by atoms with Crippen molar-refractivity contribution in [2.24, 2.45) is 11.7 Å². The van der Waals surface area contributed by atoms with E-state index in [0.717, 1.165) is 44.0 Å². The van der Waals surface area contributed by atoms with Crippen molar-refractivity contribution in [1.82, 2.24) is 9.80 Å². The molecule has 3 rings (SSSR count). The minimum atomic E-state index is -0.268. The molecule has 0 bridgehead atoms. The molecule has 5 heteroatoms. The number of amides is 1. The molecule has 0 saturated carbocycles. The smallest absolute Gasteiger partial charge is 0.227 e. The fourth-order valence-electron chi connectivity index (χ4n) is 3.41. The van der Waals surface area contributed by atoms with Gasteiger partial charge >= 0.3 is 0 Å². The molecule has 1 fully saturated rings. The van der Waals surface area contributed by atoms with Crippen LogP contribution < -0.4 is 10.5 Å². The van der Waals surface area contributed by atoms with Crippen molar-refractivity contribution in [1.29, 1.82) is 0 Å². The highest BCUT2D eigenvalue weighted by molar-refractivity contribution is 5.79. The Balaban J connectivity index is 1.42. The van der Waals surface area contributed by atoms with Crippen LogP contribution in [0.4, 0.5) is 0 Å². The number of para-hydroxylation sites is 1. The van der Waals surface area contributed by atoms with E-state index in [-0.39, 0.29) is 17.9 Å². The zero-order valence-electron chi connectivity index (χ0n) is 16.0. The third-order valence-electron chi connectivity index (χ3n) is 5.22. The Bertz CT molecular complexity index is 700. The molecular weight excluding hydrogens is 338 g/mol. The highest BCUT2D eigenvalue weighted by atomic mass is 16.5. The summed E-state index contributed by atoms with van der Waals surface area (Å²) in [7, 11) is 0. The summed E-state index contributed by atoms with van der Waals surface area (Å²) in [5, 5.41) is 0. The van der Waals surface area contributed by atoms with Crippen LogP contribution in [0.2, 0.25) is 0 Å². The Morgan fingerprint density at radius 1 is 1.00 bits per heavy atom. The van der Waals surface area contributed by atoms with E-state index in [0.29, 0.717) is 6.61 Å². The first kappa shape index (κ1) is 19.4. The molecule has 1 aliphatic rings. The van der Waals surface area contributed by atoms with Crippen LogP contribution in [-0.2, 0) is 4.79 Å². The second kappa shape index (κ2) is 9.53. The van der Waals surface area contributed by atoms with E-state index >= 15 is 0 Å². The zero-order valence-corrected chi connectivity index (χ0v) is 16.0. The summed E-state index contributed by atoms with van der Waals surface area (Å²) >= 11 is 0. The minimum absolute atomic E-state index is 0.145. The van der Waals surface area contributed by atoms with Gasteiger partial charge in [0.25, 0.3) is 0 Å². The van der Waals surface area contributed by atoms with E-state index in [9.17, 15) is 4.79 Å². The molecule has 1 amide bonds. The normalized spacial score (nSPS) is 17.3.